The third kappa shape index (κ3) is 1.83. The zero-order valence-electron chi connectivity index (χ0n) is 11.1. The number of carboxylic acids is 2. The largest absolute Gasteiger partial charge is 0.550 e. The van der Waals surface area contributed by atoms with Gasteiger partial charge in [-0.1, -0.05) is 60.7 Å². The van der Waals surface area contributed by atoms with E-state index in [9.17, 15) is 19.8 Å². The number of rotatable bonds is 4. The van der Waals surface area contributed by atoms with Gasteiger partial charge in [0.2, 0.25) is 0 Å². The van der Waals surface area contributed by atoms with Crippen molar-refractivity contribution in [2.24, 2.45) is 11.8 Å². The summed E-state index contributed by atoms with van der Waals surface area (Å²) in [5.41, 5.74) is 0.194. The summed E-state index contributed by atoms with van der Waals surface area (Å²) in [5, 5.41) is 22.9. The summed E-state index contributed by atoms with van der Waals surface area (Å²) in [4.78, 5) is 22.9. The van der Waals surface area contributed by atoms with Gasteiger partial charge in [0.25, 0.3) is 0 Å². The summed E-state index contributed by atoms with van der Waals surface area (Å²) in [5.74, 6) is -4.96. The molecule has 2 aromatic rings. The molecule has 0 heterocycles. The maximum atomic E-state index is 11.4. The fraction of sp³-hybridized carbons (Fsp3) is 0.176. The molecule has 4 heteroatoms. The number of carboxylic acid groups (broad SMARTS) is 2. The van der Waals surface area contributed by atoms with Crippen LogP contribution >= 0.6 is 0 Å². The summed E-state index contributed by atoms with van der Waals surface area (Å²) >= 11 is 0. The lowest BCUT2D eigenvalue weighted by Gasteiger charge is -2.20. The Balaban J connectivity index is 2.23. The normalized spacial score (nSPS) is 22.5. The Bertz CT molecular complexity index is 617. The van der Waals surface area contributed by atoms with Crippen LogP contribution in [-0.2, 0) is 15.0 Å². The van der Waals surface area contributed by atoms with Gasteiger partial charge in [-0.3, -0.25) is 0 Å². The molecule has 1 aliphatic rings. The van der Waals surface area contributed by atoms with Crippen molar-refractivity contribution in [3.8, 4) is 0 Å². The van der Waals surface area contributed by atoms with E-state index in [4.69, 9.17) is 0 Å². The van der Waals surface area contributed by atoms with Crippen LogP contribution in [0.4, 0.5) is 0 Å². The lowest BCUT2D eigenvalue weighted by Crippen LogP contribution is -2.30. The van der Waals surface area contributed by atoms with Gasteiger partial charge >= 0.3 is 0 Å². The van der Waals surface area contributed by atoms with Crippen molar-refractivity contribution >= 4 is 11.9 Å². The predicted octanol–water partition coefficient (Wildman–Crippen LogP) is -0.281. The zero-order valence-corrected chi connectivity index (χ0v) is 11.1. The molecule has 2 aromatic carbocycles. The summed E-state index contributed by atoms with van der Waals surface area (Å²) in [6.45, 7) is 0. The second-order valence-corrected chi connectivity index (χ2v) is 5.19. The summed E-state index contributed by atoms with van der Waals surface area (Å²) in [6, 6.07) is 17.6. The van der Waals surface area contributed by atoms with Gasteiger partial charge in [-0.25, -0.2) is 0 Å². The summed E-state index contributed by atoms with van der Waals surface area (Å²) < 4.78 is 0. The Hall–Kier alpha value is -2.62. The van der Waals surface area contributed by atoms with Crippen LogP contribution in [0.2, 0.25) is 0 Å². The highest BCUT2D eigenvalue weighted by Crippen LogP contribution is 2.63. The first-order valence-corrected chi connectivity index (χ1v) is 6.63. The molecule has 3 rings (SSSR count). The van der Waals surface area contributed by atoms with Crippen molar-refractivity contribution in [1.29, 1.82) is 0 Å². The topological polar surface area (TPSA) is 80.3 Å². The number of carbonyl (C=O) groups is 2. The minimum atomic E-state index is -1.36. The van der Waals surface area contributed by atoms with Gasteiger partial charge in [0.05, 0.1) is 0 Å². The molecule has 106 valence electrons. The molecule has 0 amide bonds. The Kier molecular flexibility index (Phi) is 3.01. The maximum Gasteiger partial charge on any atom is 0.0464 e. The molecule has 2 atom stereocenters. The van der Waals surface area contributed by atoms with Gasteiger partial charge in [0.15, 0.2) is 0 Å². The molecule has 0 aromatic heterocycles. The number of benzene rings is 2. The monoisotopic (exact) mass is 280 g/mol. The second kappa shape index (κ2) is 4.74. The first-order valence-electron chi connectivity index (χ1n) is 6.63. The van der Waals surface area contributed by atoms with Crippen LogP contribution < -0.4 is 10.2 Å². The fourth-order valence-electron chi connectivity index (χ4n) is 3.34. The second-order valence-electron chi connectivity index (χ2n) is 5.19. The molecule has 0 spiro atoms. The molecule has 0 radical (unpaired) electrons. The Labute approximate surface area is 121 Å². The van der Waals surface area contributed by atoms with Crippen LogP contribution in [0.1, 0.15) is 11.1 Å². The standard InChI is InChI=1S/C17H14O4/c18-15(19)13-14(16(20)21)17(13,11-7-3-1-4-8-11)12-9-5-2-6-10-12/h1-10,13-14H,(H,18,19)(H,20,21)/p-2. The molecule has 1 saturated carbocycles. The van der Waals surface area contributed by atoms with Crippen LogP contribution in [0.5, 0.6) is 0 Å². The van der Waals surface area contributed by atoms with Crippen molar-refractivity contribution in [3.05, 3.63) is 71.8 Å². The van der Waals surface area contributed by atoms with E-state index in [1.165, 1.54) is 0 Å². The highest BCUT2D eigenvalue weighted by atomic mass is 16.4. The van der Waals surface area contributed by atoms with E-state index >= 15 is 0 Å². The molecular weight excluding hydrogens is 268 g/mol. The average molecular weight is 280 g/mol. The predicted molar refractivity (Wildman–Crippen MR) is 70.7 cm³/mol. The minimum absolute atomic E-state index is 0.652. The molecule has 0 aliphatic heterocycles. The molecule has 0 bridgehead atoms. The van der Waals surface area contributed by atoms with E-state index in [1.54, 1.807) is 60.7 Å². The van der Waals surface area contributed by atoms with Gasteiger partial charge in [-0.05, 0) is 11.1 Å². The molecule has 0 saturated heterocycles. The lowest BCUT2D eigenvalue weighted by atomic mass is 9.84. The van der Waals surface area contributed by atoms with Crippen LogP contribution in [0, 0.1) is 11.8 Å². The highest BCUT2D eigenvalue weighted by Gasteiger charge is 2.67. The number of aliphatic carboxylic acids is 2. The molecule has 0 N–H and O–H groups in total. The van der Waals surface area contributed by atoms with Crippen LogP contribution in [-0.4, -0.2) is 11.9 Å². The Morgan fingerprint density at radius 3 is 1.33 bits per heavy atom. The first kappa shape index (κ1) is 13.4. The lowest BCUT2D eigenvalue weighted by molar-refractivity contribution is -0.316. The van der Waals surface area contributed by atoms with Crippen molar-refractivity contribution in [2.75, 3.05) is 0 Å². The molecule has 2 unspecified atom stereocenters. The van der Waals surface area contributed by atoms with Gasteiger partial charge in [-0.2, -0.15) is 0 Å². The van der Waals surface area contributed by atoms with Gasteiger partial charge < -0.3 is 19.8 Å². The van der Waals surface area contributed by atoms with Gasteiger partial charge in [0.1, 0.15) is 0 Å². The van der Waals surface area contributed by atoms with E-state index < -0.39 is 29.2 Å². The van der Waals surface area contributed by atoms with Gasteiger partial charge in [0, 0.05) is 29.2 Å². The smallest absolute Gasteiger partial charge is 0.0464 e. The quantitative estimate of drug-likeness (QED) is 0.771. The number of carbonyl (C=O) groups excluding carboxylic acids is 2. The van der Waals surface area contributed by atoms with Crippen LogP contribution in [0.15, 0.2) is 60.7 Å². The Morgan fingerprint density at radius 2 is 1.05 bits per heavy atom. The third-order valence-corrected chi connectivity index (χ3v) is 4.22. The molecule has 1 fully saturated rings. The summed E-state index contributed by atoms with van der Waals surface area (Å²) in [7, 11) is 0. The zero-order chi connectivity index (χ0) is 15.0. The van der Waals surface area contributed by atoms with Crippen molar-refractivity contribution in [1.82, 2.24) is 0 Å². The number of hydrogen-bond acceptors (Lipinski definition) is 4. The van der Waals surface area contributed by atoms with E-state index in [2.05, 4.69) is 0 Å². The van der Waals surface area contributed by atoms with Crippen molar-refractivity contribution in [2.45, 2.75) is 5.41 Å². The molecule has 1 aliphatic carbocycles. The number of hydrogen-bond donors (Lipinski definition) is 0. The SMILES string of the molecule is O=C([O-])C1C(C(=O)[O-])C1(c1ccccc1)c1ccccc1. The maximum absolute atomic E-state index is 11.4. The average Bonchev–Trinajstić information content (AvgIpc) is 3.21. The third-order valence-electron chi connectivity index (χ3n) is 4.22. The minimum Gasteiger partial charge on any atom is -0.550 e. The van der Waals surface area contributed by atoms with Gasteiger partial charge in [-0.15, -0.1) is 0 Å². The van der Waals surface area contributed by atoms with Crippen LogP contribution in [0.3, 0.4) is 0 Å². The van der Waals surface area contributed by atoms with Crippen LogP contribution in [0.25, 0.3) is 0 Å². The van der Waals surface area contributed by atoms with E-state index in [0.29, 0.717) is 11.1 Å². The van der Waals surface area contributed by atoms with E-state index in [1.807, 2.05) is 0 Å². The van der Waals surface area contributed by atoms with Crippen molar-refractivity contribution < 1.29 is 19.8 Å². The van der Waals surface area contributed by atoms with E-state index in [0.717, 1.165) is 0 Å². The molecule has 21 heavy (non-hydrogen) atoms. The van der Waals surface area contributed by atoms with E-state index in [-0.39, 0.29) is 0 Å². The molecule has 4 nitrogen and oxygen atoms in total. The first-order chi connectivity index (χ1) is 10.1. The van der Waals surface area contributed by atoms with Crippen molar-refractivity contribution in [3.63, 3.8) is 0 Å². The molecular formula is C17H12O4-2. The summed E-state index contributed by atoms with van der Waals surface area (Å²) in [6.07, 6.45) is 0. The fourth-order valence-corrected chi connectivity index (χ4v) is 3.34. The Morgan fingerprint density at radius 1 is 0.714 bits per heavy atom. The highest BCUT2D eigenvalue weighted by molar-refractivity contribution is 5.91.